The van der Waals surface area contributed by atoms with E-state index >= 15 is 0 Å². The van der Waals surface area contributed by atoms with Crippen LogP contribution in [0.2, 0.25) is 0 Å². The summed E-state index contributed by atoms with van der Waals surface area (Å²) in [5, 5.41) is 7.52. The van der Waals surface area contributed by atoms with Gasteiger partial charge in [-0.25, -0.2) is 13.2 Å². The van der Waals surface area contributed by atoms with E-state index in [1.165, 1.54) is 0 Å². The van der Waals surface area contributed by atoms with E-state index in [1.54, 1.807) is 25.3 Å². The molecular formula is C12H24N4O4S. The predicted octanol–water partition coefficient (Wildman–Crippen LogP) is 1.14. The standard InChI is InChI=1S/C7H13N3O2S.C5H11NO2/c1-4-6-8-9-7(10(6)5-2)13(3,11)12;1-5(2,3)8-4(6)7/h4-5H2,1-3H3;1-3H3,(H2,6,7). The van der Waals surface area contributed by atoms with Crippen LogP contribution >= 0.6 is 0 Å². The summed E-state index contributed by atoms with van der Waals surface area (Å²) < 4.78 is 28.6. The van der Waals surface area contributed by atoms with Crippen molar-refractivity contribution in [3.8, 4) is 0 Å². The molecule has 2 N–H and O–H groups in total. The highest BCUT2D eigenvalue weighted by Crippen LogP contribution is 2.08. The number of hydrogen-bond acceptors (Lipinski definition) is 6. The van der Waals surface area contributed by atoms with Gasteiger partial charge >= 0.3 is 6.09 Å². The molecule has 0 aliphatic rings. The fourth-order valence-corrected chi connectivity index (χ4v) is 2.30. The Kier molecular flexibility index (Phi) is 6.81. The van der Waals surface area contributed by atoms with Crippen LogP contribution < -0.4 is 5.73 Å². The van der Waals surface area contributed by atoms with Crippen LogP contribution in [0.3, 0.4) is 0 Å². The number of carbonyl (C=O) groups is 1. The van der Waals surface area contributed by atoms with E-state index in [0.29, 0.717) is 18.8 Å². The van der Waals surface area contributed by atoms with Gasteiger partial charge in [-0.15, -0.1) is 10.2 Å². The third-order valence-corrected chi connectivity index (χ3v) is 3.13. The molecule has 0 spiro atoms. The first-order valence-corrected chi connectivity index (χ1v) is 8.42. The highest BCUT2D eigenvalue weighted by atomic mass is 32.2. The van der Waals surface area contributed by atoms with Crippen LogP contribution in [0.25, 0.3) is 0 Å². The minimum absolute atomic E-state index is 0.0619. The first-order chi connectivity index (χ1) is 9.42. The maximum absolute atomic E-state index is 11.2. The van der Waals surface area contributed by atoms with Crippen molar-refractivity contribution >= 4 is 15.9 Å². The number of ether oxygens (including phenoxy) is 1. The van der Waals surface area contributed by atoms with Gasteiger partial charge in [0, 0.05) is 19.2 Å². The topological polar surface area (TPSA) is 117 Å². The third-order valence-electron chi connectivity index (χ3n) is 2.16. The van der Waals surface area contributed by atoms with Gasteiger partial charge in [0.05, 0.1) is 0 Å². The van der Waals surface area contributed by atoms with E-state index < -0.39 is 21.5 Å². The monoisotopic (exact) mass is 320 g/mol. The molecule has 1 amide bonds. The zero-order chi connectivity index (χ0) is 16.8. The van der Waals surface area contributed by atoms with E-state index in [-0.39, 0.29) is 5.16 Å². The average molecular weight is 320 g/mol. The summed E-state index contributed by atoms with van der Waals surface area (Å²) in [5.41, 5.74) is 4.26. The van der Waals surface area contributed by atoms with E-state index in [4.69, 9.17) is 5.73 Å². The van der Waals surface area contributed by atoms with Crippen LogP contribution in [-0.4, -0.2) is 41.1 Å². The second kappa shape index (κ2) is 7.39. The van der Waals surface area contributed by atoms with Crippen LogP contribution in [0.4, 0.5) is 4.79 Å². The summed E-state index contributed by atoms with van der Waals surface area (Å²) in [4.78, 5) is 10.0. The van der Waals surface area contributed by atoms with Crippen molar-refractivity contribution in [2.45, 2.75) is 58.3 Å². The smallest absolute Gasteiger partial charge is 0.405 e. The van der Waals surface area contributed by atoms with Crippen molar-refractivity contribution in [2.24, 2.45) is 5.73 Å². The van der Waals surface area contributed by atoms with E-state index in [2.05, 4.69) is 14.9 Å². The molecule has 0 saturated heterocycles. The number of hydrogen-bond donors (Lipinski definition) is 1. The van der Waals surface area contributed by atoms with Gasteiger partial charge in [0.1, 0.15) is 11.4 Å². The van der Waals surface area contributed by atoms with Crippen molar-refractivity contribution in [1.29, 1.82) is 0 Å². The molecule has 0 unspecified atom stereocenters. The first kappa shape index (κ1) is 19.4. The number of nitrogens with two attached hydrogens (primary N) is 1. The first-order valence-electron chi connectivity index (χ1n) is 6.53. The molecule has 1 rings (SSSR count). The highest BCUT2D eigenvalue weighted by molar-refractivity contribution is 7.90. The Morgan fingerprint density at radius 1 is 1.29 bits per heavy atom. The van der Waals surface area contributed by atoms with Crippen LogP contribution in [0.1, 0.15) is 40.4 Å². The number of nitrogens with zero attached hydrogens (tertiary/aromatic N) is 3. The second-order valence-corrected chi connectivity index (χ2v) is 7.21. The van der Waals surface area contributed by atoms with Crippen LogP contribution in [0.15, 0.2) is 5.16 Å². The molecule has 0 bridgehead atoms. The van der Waals surface area contributed by atoms with Gasteiger partial charge in [-0.2, -0.15) is 0 Å². The average Bonchev–Trinajstić information content (AvgIpc) is 2.68. The van der Waals surface area contributed by atoms with Crippen LogP contribution in [0, 0.1) is 0 Å². The van der Waals surface area contributed by atoms with Crippen molar-refractivity contribution in [1.82, 2.24) is 14.8 Å². The van der Waals surface area contributed by atoms with Gasteiger partial charge in [0.2, 0.25) is 15.0 Å². The number of primary amides is 1. The number of aryl methyl sites for hydroxylation is 1. The van der Waals surface area contributed by atoms with Crippen molar-refractivity contribution in [3.05, 3.63) is 5.82 Å². The lowest BCUT2D eigenvalue weighted by molar-refractivity contribution is 0.0600. The summed E-state index contributed by atoms with van der Waals surface area (Å²) in [6, 6.07) is 0. The largest absolute Gasteiger partial charge is 0.444 e. The molecule has 0 radical (unpaired) electrons. The zero-order valence-electron chi connectivity index (χ0n) is 13.4. The lowest BCUT2D eigenvalue weighted by Crippen LogP contribution is -2.27. The Balaban J connectivity index is 0.000000433. The van der Waals surface area contributed by atoms with Crippen LogP contribution in [0.5, 0.6) is 0 Å². The fraction of sp³-hybridized carbons (Fsp3) is 0.750. The molecule has 8 nitrogen and oxygen atoms in total. The molecule has 9 heteroatoms. The Labute approximate surface area is 125 Å². The maximum atomic E-state index is 11.2. The maximum Gasteiger partial charge on any atom is 0.405 e. The van der Waals surface area contributed by atoms with E-state index in [0.717, 1.165) is 6.26 Å². The molecule has 0 aliphatic carbocycles. The predicted molar refractivity (Wildman–Crippen MR) is 78.6 cm³/mol. The van der Waals surface area contributed by atoms with Gasteiger partial charge in [-0.1, -0.05) is 6.92 Å². The SMILES string of the molecule is CC(C)(C)OC(N)=O.CCc1nnc(S(C)(=O)=O)n1CC. The molecular weight excluding hydrogens is 296 g/mol. The molecule has 122 valence electrons. The summed E-state index contributed by atoms with van der Waals surface area (Å²) in [5.74, 6) is 0.711. The van der Waals surface area contributed by atoms with Gasteiger partial charge in [0.25, 0.3) is 0 Å². The Hall–Kier alpha value is -1.64. The summed E-state index contributed by atoms with van der Waals surface area (Å²) >= 11 is 0. The van der Waals surface area contributed by atoms with Gasteiger partial charge in [-0.05, 0) is 27.7 Å². The fourth-order valence-electron chi connectivity index (χ4n) is 1.47. The highest BCUT2D eigenvalue weighted by Gasteiger charge is 2.18. The number of rotatable bonds is 3. The van der Waals surface area contributed by atoms with E-state index in [1.807, 2.05) is 13.8 Å². The second-order valence-electron chi connectivity index (χ2n) is 5.30. The molecule has 21 heavy (non-hydrogen) atoms. The molecule has 1 aromatic rings. The lowest BCUT2D eigenvalue weighted by Gasteiger charge is -2.16. The minimum atomic E-state index is -3.25. The van der Waals surface area contributed by atoms with E-state index in [9.17, 15) is 13.2 Å². The number of carbonyl (C=O) groups excluding carboxylic acids is 1. The Morgan fingerprint density at radius 3 is 2.05 bits per heavy atom. The summed E-state index contributed by atoms with van der Waals surface area (Å²) in [6.45, 7) is 9.66. The molecule has 1 heterocycles. The summed E-state index contributed by atoms with van der Waals surface area (Å²) in [6.07, 6.45) is 1.11. The normalized spacial score (nSPS) is 11.5. The van der Waals surface area contributed by atoms with Crippen molar-refractivity contribution < 1.29 is 17.9 Å². The zero-order valence-corrected chi connectivity index (χ0v) is 14.2. The van der Waals surface area contributed by atoms with Gasteiger partial charge < -0.3 is 15.0 Å². The van der Waals surface area contributed by atoms with Crippen LogP contribution in [-0.2, 0) is 27.5 Å². The third kappa shape index (κ3) is 7.07. The molecule has 0 atom stereocenters. The Morgan fingerprint density at radius 2 is 1.81 bits per heavy atom. The molecule has 1 aromatic heterocycles. The van der Waals surface area contributed by atoms with Crippen molar-refractivity contribution in [2.75, 3.05) is 6.26 Å². The number of aromatic nitrogens is 3. The quantitative estimate of drug-likeness (QED) is 0.892. The molecule has 0 aromatic carbocycles. The molecule has 0 fully saturated rings. The van der Waals surface area contributed by atoms with Gasteiger partial charge in [0.15, 0.2) is 0 Å². The molecule has 0 saturated carbocycles. The lowest BCUT2D eigenvalue weighted by atomic mass is 10.2. The number of amides is 1. The molecule has 0 aliphatic heterocycles. The van der Waals surface area contributed by atoms with Crippen molar-refractivity contribution in [3.63, 3.8) is 0 Å². The minimum Gasteiger partial charge on any atom is -0.444 e. The van der Waals surface area contributed by atoms with Gasteiger partial charge in [-0.3, -0.25) is 0 Å². The summed E-state index contributed by atoms with van der Waals surface area (Å²) in [7, 11) is -3.25. The Bertz CT molecular complexity index is 573. The number of sulfone groups is 1.